The second-order valence-electron chi connectivity index (χ2n) is 3.54. The lowest BCUT2D eigenvalue weighted by molar-refractivity contribution is 0.515. The Bertz CT molecular complexity index is 702. The van der Waals surface area contributed by atoms with Gasteiger partial charge in [-0.05, 0) is 23.6 Å². The zero-order valence-electron chi connectivity index (χ0n) is 8.50. The van der Waals surface area contributed by atoms with Crippen molar-refractivity contribution in [1.82, 2.24) is 9.97 Å². The number of hydrogen-bond donors (Lipinski definition) is 2. The molecule has 1 aromatic carbocycles. The first-order chi connectivity index (χ1) is 8.16. The molecule has 0 unspecified atom stereocenters. The van der Waals surface area contributed by atoms with Crippen molar-refractivity contribution >= 4 is 27.4 Å². The first-order valence-corrected chi connectivity index (χ1v) is 5.72. The smallest absolute Gasteiger partial charge is 0.186 e. The molecule has 3 rings (SSSR count). The second-order valence-corrected chi connectivity index (χ2v) is 4.49. The molecule has 0 saturated carbocycles. The molecular formula is C11H7F2N3S. The summed E-state index contributed by atoms with van der Waals surface area (Å²) < 4.78 is 26.5. The van der Waals surface area contributed by atoms with Crippen molar-refractivity contribution in [3.8, 4) is 11.4 Å². The van der Waals surface area contributed by atoms with Gasteiger partial charge in [0.05, 0.1) is 16.1 Å². The maximum atomic E-state index is 13.5. The van der Waals surface area contributed by atoms with Crippen LogP contribution in [0.2, 0.25) is 0 Å². The molecule has 17 heavy (non-hydrogen) atoms. The highest BCUT2D eigenvalue weighted by Crippen LogP contribution is 2.30. The maximum Gasteiger partial charge on any atom is 0.186 e. The molecule has 6 heteroatoms. The number of benzene rings is 1. The topological polar surface area (TPSA) is 54.7 Å². The van der Waals surface area contributed by atoms with Crippen molar-refractivity contribution in [3.05, 3.63) is 35.2 Å². The Morgan fingerprint density at radius 2 is 2.06 bits per heavy atom. The van der Waals surface area contributed by atoms with E-state index >= 15 is 0 Å². The number of thiophene rings is 1. The van der Waals surface area contributed by atoms with Crippen molar-refractivity contribution in [2.24, 2.45) is 0 Å². The third-order valence-electron chi connectivity index (χ3n) is 2.50. The normalized spacial score (nSPS) is 11.2. The zero-order valence-corrected chi connectivity index (χ0v) is 9.31. The highest BCUT2D eigenvalue weighted by Gasteiger charge is 2.14. The van der Waals surface area contributed by atoms with Crippen LogP contribution in [0.3, 0.4) is 0 Å². The monoisotopic (exact) mass is 251 g/mol. The number of aromatic nitrogens is 2. The average molecular weight is 251 g/mol. The number of fused-ring (bicyclic) bond motifs is 1. The molecule has 3 N–H and O–H groups in total. The summed E-state index contributed by atoms with van der Waals surface area (Å²) in [7, 11) is 0. The minimum Gasteiger partial charge on any atom is -0.390 e. The minimum atomic E-state index is -0.946. The van der Waals surface area contributed by atoms with E-state index in [1.54, 1.807) is 6.07 Å². The minimum absolute atomic E-state index is 0.00870. The fourth-order valence-corrected chi connectivity index (χ4v) is 2.30. The summed E-state index contributed by atoms with van der Waals surface area (Å²) in [6.07, 6.45) is 0. The number of nitrogens with two attached hydrogens (primary N) is 1. The number of H-pyrrole nitrogens is 1. The number of imidazole rings is 1. The van der Waals surface area contributed by atoms with E-state index in [1.165, 1.54) is 17.4 Å². The Morgan fingerprint density at radius 3 is 2.76 bits per heavy atom. The van der Waals surface area contributed by atoms with Crippen LogP contribution in [0.1, 0.15) is 0 Å². The molecule has 86 valence electrons. The zero-order chi connectivity index (χ0) is 12.0. The van der Waals surface area contributed by atoms with Crippen molar-refractivity contribution in [2.45, 2.75) is 0 Å². The van der Waals surface area contributed by atoms with E-state index in [0.717, 1.165) is 6.07 Å². The molecule has 0 bridgehead atoms. The first-order valence-electron chi connectivity index (χ1n) is 4.84. The summed E-state index contributed by atoms with van der Waals surface area (Å²) in [5, 5.41) is 2.40. The molecule has 0 atom stereocenters. The van der Waals surface area contributed by atoms with E-state index in [2.05, 4.69) is 9.97 Å². The highest BCUT2D eigenvalue weighted by molar-refractivity contribution is 7.14. The van der Waals surface area contributed by atoms with Crippen LogP contribution < -0.4 is 5.73 Å². The number of hydrogen-bond acceptors (Lipinski definition) is 3. The van der Waals surface area contributed by atoms with Crippen LogP contribution in [0.4, 0.5) is 13.8 Å². The Hall–Kier alpha value is -1.95. The van der Waals surface area contributed by atoms with Crippen molar-refractivity contribution in [2.75, 3.05) is 5.73 Å². The molecule has 0 radical (unpaired) electrons. The number of halogens is 2. The third-order valence-corrected chi connectivity index (χ3v) is 3.24. The Labute approximate surface area is 98.9 Å². The summed E-state index contributed by atoms with van der Waals surface area (Å²) in [4.78, 5) is 6.95. The van der Waals surface area contributed by atoms with Gasteiger partial charge in [0.1, 0.15) is 11.3 Å². The van der Waals surface area contributed by atoms with Crippen molar-refractivity contribution in [3.63, 3.8) is 0 Å². The standard InChI is InChI=1S/C11H7F2N3S/c12-6-1-2-7-9(8(6)13)16-11(15-7)5-3-4-17-10(5)14/h1-4H,14H2,(H,15,16). The van der Waals surface area contributed by atoms with Crippen LogP contribution in [0.15, 0.2) is 23.6 Å². The van der Waals surface area contributed by atoms with Crippen LogP contribution in [0.5, 0.6) is 0 Å². The predicted octanol–water partition coefficient (Wildman–Crippen LogP) is 3.15. The molecule has 0 saturated heterocycles. The van der Waals surface area contributed by atoms with Gasteiger partial charge in [0.15, 0.2) is 11.6 Å². The molecule has 0 aliphatic heterocycles. The Morgan fingerprint density at radius 1 is 1.24 bits per heavy atom. The quantitative estimate of drug-likeness (QED) is 0.698. The van der Waals surface area contributed by atoms with E-state index < -0.39 is 11.6 Å². The summed E-state index contributed by atoms with van der Waals surface area (Å²) in [5.74, 6) is -1.41. The van der Waals surface area contributed by atoms with Crippen LogP contribution >= 0.6 is 11.3 Å². The van der Waals surface area contributed by atoms with Crippen LogP contribution in [-0.2, 0) is 0 Å². The van der Waals surface area contributed by atoms with Gasteiger partial charge in [0, 0.05) is 0 Å². The summed E-state index contributed by atoms with van der Waals surface area (Å²) in [6, 6.07) is 4.30. The van der Waals surface area contributed by atoms with Gasteiger partial charge in [-0.25, -0.2) is 13.8 Å². The number of rotatable bonds is 1. The number of aromatic amines is 1. The average Bonchev–Trinajstić information content (AvgIpc) is 2.89. The third kappa shape index (κ3) is 1.49. The van der Waals surface area contributed by atoms with Gasteiger partial charge in [-0.1, -0.05) is 0 Å². The first kappa shape index (κ1) is 10.2. The van der Waals surface area contributed by atoms with Crippen LogP contribution in [0.25, 0.3) is 22.4 Å². The Balaban J connectivity index is 2.27. The molecule has 0 fully saturated rings. The highest BCUT2D eigenvalue weighted by atomic mass is 32.1. The van der Waals surface area contributed by atoms with Gasteiger partial charge < -0.3 is 10.7 Å². The fourth-order valence-electron chi connectivity index (χ4n) is 1.66. The van der Waals surface area contributed by atoms with Gasteiger partial charge in [0.2, 0.25) is 0 Å². The molecular weight excluding hydrogens is 244 g/mol. The van der Waals surface area contributed by atoms with Gasteiger partial charge >= 0.3 is 0 Å². The molecule has 3 aromatic rings. The summed E-state index contributed by atoms with van der Waals surface area (Å²) >= 11 is 1.37. The number of nitrogen functional groups attached to an aromatic ring is 1. The predicted molar refractivity (Wildman–Crippen MR) is 63.7 cm³/mol. The van der Waals surface area contributed by atoms with E-state index in [0.29, 0.717) is 21.9 Å². The van der Waals surface area contributed by atoms with E-state index in [4.69, 9.17) is 5.73 Å². The van der Waals surface area contributed by atoms with Gasteiger partial charge in [-0.2, -0.15) is 0 Å². The molecule has 2 aromatic heterocycles. The summed E-state index contributed by atoms with van der Waals surface area (Å²) in [6.45, 7) is 0. The number of anilines is 1. The molecule has 0 aliphatic rings. The lowest BCUT2D eigenvalue weighted by Gasteiger charge is -1.92. The summed E-state index contributed by atoms with van der Waals surface area (Å²) in [5.41, 5.74) is 6.89. The SMILES string of the molecule is Nc1sccc1-c1nc2c(F)c(F)ccc2[nH]1. The number of nitrogens with zero attached hydrogens (tertiary/aromatic N) is 1. The molecule has 3 nitrogen and oxygen atoms in total. The van der Waals surface area contributed by atoms with E-state index in [9.17, 15) is 8.78 Å². The van der Waals surface area contributed by atoms with Gasteiger partial charge in [-0.15, -0.1) is 11.3 Å². The van der Waals surface area contributed by atoms with Crippen LogP contribution in [0, 0.1) is 11.6 Å². The van der Waals surface area contributed by atoms with Crippen molar-refractivity contribution < 1.29 is 8.78 Å². The number of nitrogens with one attached hydrogen (secondary N) is 1. The van der Waals surface area contributed by atoms with Crippen molar-refractivity contribution in [1.29, 1.82) is 0 Å². The molecule has 2 heterocycles. The largest absolute Gasteiger partial charge is 0.390 e. The molecule has 0 spiro atoms. The lowest BCUT2D eigenvalue weighted by Crippen LogP contribution is -1.85. The van der Waals surface area contributed by atoms with Gasteiger partial charge in [-0.3, -0.25) is 0 Å². The maximum absolute atomic E-state index is 13.5. The van der Waals surface area contributed by atoms with Crippen LogP contribution in [-0.4, -0.2) is 9.97 Å². The molecule has 0 aliphatic carbocycles. The van der Waals surface area contributed by atoms with E-state index in [1.807, 2.05) is 5.38 Å². The Kier molecular flexibility index (Phi) is 2.12. The van der Waals surface area contributed by atoms with Gasteiger partial charge in [0.25, 0.3) is 0 Å². The molecule has 0 amide bonds. The second kappa shape index (κ2) is 3.53. The fraction of sp³-hybridized carbons (Fsp3) is 0. The van der Waals surface area contributed by atoms with E-state index in [-0.39, 0.29) is 5.52 Å². The lowest BCUT2D eigenvalue weighted by atomic mass is 10.3.